The van der Waals surface area contributed by atoms with Gasteiger partial charge in [-0.2, -0.15) is 0 Å². The molecule has 8 nitrogen and oxygen atoms in total. The van der Waals surface area contributed by atoms with Gasteiger partial charge in [0, 0.05) is 42.5 Å². The zero-order valence-electron chi connectivity index (χ0n) is 21.5. The normalized spacial score (nSPS) is 26.7. The van der Waals surface area contributed by atoms with Crippen LogP contribution in [0.15, 0.2) is 24.5 Å². The standard InChI is InChI=1S/C28H32ClFN4O4/c1-14(2)24-18-5-15(25-20(29)10-32-27(34-25)33-22-3-4-37-13-23(22)35)6-21(30)26(18)31-9-19(24)28(36)7-16-11-38-12-17(16)8-28/h5-6,9-10,14,16-17,22-23,35-36H,3-4,7-8,11-13H2,1-2H3,(H,32,33,34)/t16-,17-,22-,23-/m1/s1. The predicted molar refractivity (Wildman–Crippen MR) is 142 cm³/mol. The van der Waals surface area contributed by atoms with Crippen molar-refractivity contribution < 1.29 is 24.1 Å². The first-order valence-corrected chi connectivity index (χ1v) is 13.6. The third-order valence-corrected chi connectivity index (χ3v) is 8.51. The van der Waals surface area contributed by atoms with E-state index in [9.17, 15) is 10.2 Å². The first kappa shape index (κ1) is 25.8. The number of aliphatic hydroxyl groups excluding tert-OH is 1. The molecular formula is C28H32ClFN4O4. The highest BCUT2D eigenvalue weighted by Crippen LogP contribution is 2.50. The van der Waals surface area contributed by atoms with Crippen LogP contribution in [0, 0.1) is 17.7 Å². The molecule has 4 atom stereocenters. The molecule has 6 rings (SSSR count). The monoisotopic (exact) mass is 542 g/mol. The predicted octanol–water partition coefficient (Wildman–Crippen LogP) is 4.41. The van der Waals surface area contributed by atoms with Crippen LogP contribution in [-0.2, 0) is 15.1 Å². The Balaban J connectivity index is 1.43. The number of pyridine rings is 1. The second-order valence-electron chi connectivity index (χ2n) is 11.2. The Labute approximate surface area is 225 Å². The Bertz CT molecular complexity index is 1360. The van der Waals surface area contributed by atoms with Gasteiger partial charge >= 0.3 is 0 Å². The topological polar surface area (TPSA) is 110 Å². The van der Waals surface area contributed by atoms with Crippen LogP contribution in [0.5, 0.6) is 0 Å². The number of hydrogen-bond acceptors (Lipinski definition) is 8. The molecule has 2 aromatic heterocycles. The van der Waals surface area contributed by atoms with Crippen molar-refractivity contribution in [3.63, 3.8) is 0 Å². The van der Waals surface area contributed by atoms with Gasteiger partial charge in [0.05, 0.1) is 41.3 Å². The minimum absolute atomic E-state index is 0.0129. The Kier molecular flexibility index (Phi) is 6.76. The number of fused-ring (bicyclic) bond motifs is 2. The second-order valence-corrected chi connectivity index (χ2v) is 11.6. The van der Waals surface area contributed by atoms with Crippen LogP contribution in [0.3, 0.4) is 0 Å². The molecular weight excluding hydrogens is 511 g/mol. The maximum absolute atomic E-state index is 15.5. The molecule has 3 aromatic rings. The third-order valence-electron chi connectivity index (χ3n) is 8.23. The number of ether oxygens (including phenoxy) is 2. The highest BCUT2D eigenvalue weighted by Gasteiger charge is 2.49. The van der Waals surface area contributed by atoms with E-state index >= 15 is 4.39 Å². The van der Waals surface area contributed by atoms with Gasteiger partial charge in [-0.05, 0) is 54.7 Å². The lowest BCUT2D eigenvalue weighted by Crippen LogP contribution is -2.42. The fourth-order valence-corrected chi connectivity index (χ4v) is 6.57. The number of halogens is 2. The quantitative estimate of drug-likeness (QED) is 0.435. The molecule has 0 amide bonds. The molecule has 3 N–H and O–H groups in total. The Morgan fingerprint density at radius 2 is 1.87 bits per heavy atom. The Hall–Kier alpha value is -2.43. The van der Waals surface area contributed by atoms with Crippen LogP contribution in [0.1, 0.15) is 50.2 Å². The van der Waals surface area contributed by atoms with Gasteiger partial charge in [0.2, 0.25) is 5.95 Å². The molecule has 1 aliphatic carbocycles. The van der Waals surface area contributed by atoms with Crippen molar-refractivity contribution in [1.82, 2.24) is 15.0 Å². The molecule has 0 unspecified atom stereocenters. The van der Waals surface area contributed by atoms with E-state index in [2.05, 4.69) is 20.3 Å². The van der Waals surface area contributed by atoms with Crippen LogP contribution in [-0.4, -0.2) is 63.7 Å². The zero-order chi connectivity index (χ0) is 26.6. The average Bonchev–Trinajstić information content (AvgIpc) is 3.44. The summed E-state index contributed by atoms with van der Waals surface area (Å²) in [7, 11) is 0. The van der Waals surface area contributed by atoms with Gasteiger partial charge in [0.25, 0.3) is 0 Å². The van der Waals surface area contributed by atoms with E-state index in [0.29, 0.717) is 73.5 Å². The summed E-state index contributed by atoms with van der Waals surface area (Å²) in [6.07, 6.45) is 4.27. The van der Waals surface area contributed by atoms with E-state index in [0.717, 1.165) is 11.1 Å². The number of anilines is 1. The lowest BCUT2D eigenvalue weighted by Gasteiger charge is -2.29. The third kappa shape index (κ3) is 4.54. The van der Waals surface area contributed by atoms with E-state index in [4.69, 9.17) is 21.1 Å². The molecule has 1 aromatic carbocycles. The molecule has 202 valence electrons. The molecule has 3 fully saturated rings. The molecule has 38 heavy (non-hydrogen) atoms. The highest BCUT2D eigenvalue weighted by atomic mass is 35.5. The number of aromatic nitrogens is 3. The smallest absolute Gasteiger partial charge is 0.223 e. The minimum atomic E-state index is -1.03. The summed E-state index contributed by atoms with van der Waals surface area (Å²) in [6, 6.07) is 2.97. The highest BCUT2D eigenvalue weighted by molar-refractivity contribution is 6.33. The van der Waals surface area contributed by atoms with Crippen LogP contribution >= 0.6 is 11.6 Å². The van der Waals surface area contributed by atoms with Crippen molar-refractivity contribution in [1.29, 1.82) is 0 Å². The SMILES string of the molecule is CC(C)c1c(C2(O)C[C@@H]3COC[C@H]3C2)cnc2c(F)cc(-c3nc(N[C@@H]4CCOC[C@H]4O)ncc3Cl)cc12. The molecule has 4 heterocycles. The van der Waals surface area contributed by atoms with E-state index < -0.39 is 17.5 Å². The van der Waals surface area contributed by atoms with Crippen LogP contribution < -0.4 is 5.32 Å². The van der Waals surface area contributed by atoms with Crippen molar-refractivity contribution >= 4 is 28.5 Å². The number of nitrogens with zero attached hydrogens (tertiary/aromatic N) is 3. The Morgan fingerprint density at radius 3 is 2.58 bits per heavy atom. The van der Waals surface area contributed by atoms with Crippen molar-refractivity contribution in [3.8, 4) is 11.3 Å². The fourth-order valence-electron chi connectivity index (χ4n) is 6.37. The van der Waals surface area contributed by atoms with Gasteiger partial charge < -0.3 is 25.0 Å². The molecule has 10 heteroatoms. The van der Waals surface area contributed by atoms with E-state index in [1.807, 2.05) is 19.9 Å². The summed E-state index contributed by atoms with van der Waals surface area (Å²) >= 11 is 6.51. The molecule has 2 saturated heterocycles. The minimum Gasteiger partial charge on any atom is -0.389 e. The van der Waals surface area contributed by atoms with Gasteiger partial charge in [0.15, 0.2) is 0 Å². The molecule has 0 bridgehead atoms. The first-order valence-electron chi connectivity index (χ1n) is 13.2. The summed E-state index contributed by atoms with van der Waals surface area (Å²) < 4.78 is 26.4. The molecule has 1 saturated carbocycles. The molecule has 0 radical (unpaired) electrons. The summed E-state index contributed by atoms with van der Waals surface area (Å²) in [5.74, 6) is 0.455. The lowest BCUT2D eigenvalue weighted by atomic mass is 9.82. The zero-order valence-corrected chi connectivity index (χ0v) is 22.2. The van der Waals surface area contributed by atoms with Crippen LogP contribution in [0.2, 0.25) is 5.02 Å². The lowest BCUT2D eigenvalue weighted by molar-refractivity contribution is -0.0136. The summed E-state index contributed by atoms with van der Waals surface area (Å²) in [6.45, 7) is 6.18. The number of benzene rings is 1. The van der Waals surface area contributed by atoms with Gasteiger partial charge in [-0.1, -0.05) is 25.4 Å². The first-order chi connectivity index (χ1) is 18.2. The summed E-state index contributed by atoms with van der Waals surface area (Å²) in [5.41, 5.74) is 1.73. The fraction of sp³-hybridized carbons (Fsp3) is 0.536. The second kappa shape index (κ2) is 9.95. The van der Waals surface area contributed by atoms with E-state index in [-0.39, 0.29) is 29.1 Å². The number of nitrogens with one attached hydrogen (secondary N) is 1. The van der Waals surface area contributed by atoms with E-state index in [1.165, 1.54) is 12.3 Å². The number of hydrogen-bond donors (Lipinski definition) is 3. The molecule has 3 aliphatic rings. The van der Waals surface area contributed by atoms with Gasteiger partial charge in [-0.25, -0.2) is 14.4 Å². The molecule has 2 aliphatic heterocycles. The average molecular weight is 543 g/mol. The van der Waals surface area contributed by atoms with Crippen LogP contribution in [0.25, 0.3) is 22.2 Å². The van der Waals surface area contributed by atoms with Crippen molar-refractivity contribution in [2.24, 2.45) is 11.8 Å². The maximum atomic E-state index is 15.5. The maximum Gasteiger partial charge on any atom is 0.223 e. The van der Waals surface area contributed by atoms with Crippen LogP contribution in [0.4, 0.5) is 10.3 Å². The van der Waals surface area contributed by atoms with Crippen molar-refractivity contribution in [2.45, 2.75) is 56.8 Å². The summed E-state index contributed by atoms with van der Waals surface area (Å²) in [4.78, 5) is 13.3. The number of rotatable bonds is 5. The van der Waals surface area contributed by atoms with E-state index in [1.54, 1.807) is 6.20 Å². The van der Waals surface area contributed by atoms with Gasteiger partial charge in [-0.3, -0.25) is 4.98 Å². The molecule has 0 spiro atoms. The van der Waals surface area contributed by atoms with Gasteiger partial charge in [0.1, 0.15) is 11.3 Å². The number of aliphatic hydroxyl groups is 2. The van der Waals surface area contributed by atoms with Gasteiger partial charge in [-0.15, -0.1) is 0 Å². The Morgan fingerprint density at radius 1 is 1.11 bits per heavy atom. The summed E-state index contributed by atoms with van der Waals surface area (Å²) in [5, 5.41) is 26.1. The van der Waals surface area contributed by atoms with Crippen molar-refractivity contribution in [3.05, 3.63) is 46.5 Å². The van der Waals surface area contributed by atoms with Crippen molar-refractivity contribution in [2.75, 3.05) is 31.7 Å². The largest absolute Gasteiger partial charge is 0.389 e.